The number of piperidine rings is 1. The maximum absolute atomic E-state index is 12.3. The van der Waals surface area contributed by atoms with Gasteiger partial charge in [0.05, 0.1) is 6.54 Å². The molecule has 0 bridgehead atoms. The van der Waals surface area contributed by atoms with E-state index < -0.39 is 0 Å². The molecule has 3 rings (SSSR count). The van der Waals surface area contributed by atoms with Crippen LogP contribution in [0.5, 0.6) is 0 Å². The summed E-state index contributed by atoms with van der Waals surface area (Å²) in [7, 11) is 0. The van der Waals surface area contributed by atoms with Gasteiger partial charge >= 0.3 is 6.09 Å². The maximum atomic E-state index is 12.3. The molecule has 0 unspecified atom stereocenters. The first kappa shape index (κ1) is 12.8. The Bertz CT molecular complexity index is 358. The number of likely N-dealkylation sites (tertiary alicyclic amines) is 1. The van der Waals surface area contributed by atoms with Gasteiger partial charge in [-0.1, -0.05) is 12.8 Å². The van der Waals surface area contributed by atoms with Gasteiger partial charge in [-0.3, -0.25) is 4.79 Å². The van der Waals surface area contributed by atoms with Crippen molar-refractivity contribution in [2.24, 2.45) is 5.92 Å². The van der Waals surface area contributed by atoms with Crippen molar-refractivity contribution in [2.75, 3.05) is 26.2 Å². The first-order chi connectivity index (χ1) is 9.25. The molecular weight excluding hydrogens is 244 g/mol. The first-order valence-corrected chi connectivity index (χ1v) is 7.48. The van der Waals surface area contributed by atoms with Crippen molar-refractivity contribution in [3.8, 4) is 0 Å². The van der Waals surface area contributed by atoms with Gasteiger partial charge in [0.2, 0.25) is 5.91 Å². The Hall–Kier alpha value is -1.26. The van der Waals surface area contributed by atoms with Crippen LogP contribution in [-0.4, -0.2) is 54.1 Å². The second kappa shape index (κ2) is 5.39. The Morgan fingerprint density at radius 1 is 1.05 bits per heavy atom. The number of amides is 2. The highest BCUT2D eigenvalue weighted by molar-refractivity contribution is 5.79. The summed E-state index contributed by atoms with van der Waals surface area (Å²) >= 11 is 0. The molecular formula is C14H22N2O3. The Balaban J connectivity index is 1.51. The smallest absolute Gasteiger partial charge is 0.410 e. The molecule has 2 saturated heterocycles. The normalized spacial score (nSPS) is 26.0. The second-order valence-electron chi connectivity index (χ2n) is 5.85. The van der Waals surface area contributed by atoms with Crippen LogP contribution >= 0.6 is 0 Å². The predicted octanol–water partition coefficient (Wildman–Crippen LogP) is 1.62. The van der Waals surface area contributed by atoms with E-state index in [-0.39, 0.29) is 18.1 Å². The van der Waals surface area contributed by atoms with Gasteiger partial charge in [-0.2, -0.15) is 0 Å². The molecule has 0 spiro atoms. The van der Waals surface area contributed by atoms with Gasteiger partial charge < -0.3 is 14.5 Å². The molecule has 5 heteroatoms. The highest BCUT2D eigenvalue weighted by Crippen LogP contribution is 2.28. The molecule has 5 nitrogen and oxygen atoms in total. The van der Waals surface area contributed by atoms with E-state index in [0.29, 0.717) is 19.1 Å². The highest BCUT2D eigenvalue weighted by Gasteiger charge is 2.35. The Morgan fingerprint density at radius 3 is 2.32 bits per heavy atom. The summed E-state index contributed by atoms with van der Waals surface area (Å²) in [5.41, 5.74) is 0. The average Bonchev–Trinajstić information content (AvgIpc) is 3.09. The van der Waals surface area contributed by atoms with Crippen LogP contribution in [0.1, 0.15) is 38.5 Å². The number of ether oxygens (including phenoxy) is 1. The third-order valence-electron chi connectivity index (χ3n) is 4.71. The van der Waals surface area contributed by atoms with Crippen molar-refractivity contribution in [2.45, 2.75) is 44.6 Å². The zero-order valence-electron chi connectivity index (χ0n) is 11.3. The van der Waals surface area contributed by atoms with E-state index in [0.717, 1.165) is 38.8 Å². The summed E-state index contributed by atoms with van der Waals surface area (Å²) in [4.78, 5) is 27.7. The molecule has 2 heterocycles. The lowest BCUT2D eigenvalue weighted by molar-refractivity contribution is -0.136. The van der Waals surface area contributed by atoms with Crippen molar-refractivity contribution in [1.82, 2.24) is 9.80 Å². The number of cyclic esters (lactones) is 1. The van der Waals surface area contributed by atoms with Crippen LogP contribution in [0.2, 0.25) is 0 Å². The minimum atomic E-state index is -0.180. The van der Waals surface area contributed by atoms with Crippen molar-refractivity contribution in [1.29, 1.82) is 0 Å². The van der Waals surface area contributed by atoms with Gasteiger partial charge in [0.15, 0.2) is 0 Å². The molecule has 0 aromatic rings. The molecule has 2 aliphatic heterocycles. The Morgan fingerprint density at radius 2 is 1.74 bits per heavy atom. The fraction of sp³-hybridized carbons (Fsp3) is 0.857. The van der Waals surface area contributed by atoms with Crippen LogP contribution in [0.3, 0.4) is 0 Å². The van der Waals surface area contributed by atoms with Crippen molar-refractivity contribution in [3.05, 3.63) is 0 Å². The molecule has 0 N–H and O–H groups in total. The maximum Gasteiger partial charge on any atom is 0.410 e. The minimum absolute atomic E-state index is 0.180. The molecule has 106 valence electrons. The van der Waals surface area contributed by atoms with Crippen LogP contribution in [0.4, 0.5) is 4.79 Å². The van der Waals surface area contributed by atoms with Crippen LogP contribution in [0.25, 0.3) is 0 Å². The minimum Gasteiger partial charge on any atom is -0.448 e. The Labute approximate surface area is 113 Å². The van der Waals surface area contributed by atoms with E-state index in [1.165, 1.54) is 12.8 Å². The van der Waals surface area contributed by atoms with Gasteiger partial charge in [-0.25, -0.2) is 4.79 Å². The van der Waals surface area contributed by atoms with Gasteiger partial charge in [0.25, 0.3) is 0 Å². The third-order valence-corrected chi connectivity index (χ3v) is 4.71. The van der Waals surface area contributed by atoms with E-state index in [2.05, 4.69) is 0 Å². The SMILES string of the molecule is O=C(C1CCCC1)N1CCC(N2CCOC2=O)CC1. The quantitative estimate of drug-likeness (QED) is 0.763. The fourth-order valence-corrected chi connectivity index (χ4v) is 3.57. The van der Waals surface area contributed by atoms with E-state index in [4.69, 9.17) is 4.74 Å². The van der Waals surface area contributed by atoms with Crippen molar-refractivity contribution in [3.63, 3.8) is 0 Å². The van der Waals surface area contributed by atoms with Gasteiger partial charge in [0.1, 0.15) is 6.61 Å². The average molecular weight is 266 g/mol. The molecule has 0 aromatic carbocycles. The van der Waals surface area contributed by atoms with Gasteiger partial charge in [-0.05, 0) is 25.7 Å². The second-order valence-corrected chi connectivity index (χ2v) is 5.85. The van der Waals surface area contributed by atoms with E-state index in [1.54, 1.807) is 0 Å². The van der Waals surface area contributed by atoms with E-state index in [1.807, 2.05) is 9.80 Å². The number of carbonyl (C=O) groups is 2. The molecule has 0 aromatic heterocycles. The monoisotopic (exact) mass is 266 g/mol. The largest absolute Gasteiger partial charge is 0.448 e. The van der Waals surface area contributed by atoms with Crippen LogP contribution < -0.4 is 0 Å². The number of hydrogen-bond donors (Lipinski definition) is 0. The molecule has 1 aliphatic carbocycles. The summed E-state index contributed by atoms with van der Waals surface area (Å²) < 4.78 is 4.98. The van der Waals surface area contributed by atoms with Crippen molar-refractivity contribution < 1.29 is 14.3 Å². The molecule has 2 amide bonds. The zero-order valence-corrected chi connectivity index (χ0v) is 11.3. The fourth-order valence-electron chi connectivity index (χ4n) is 3.57. The lowest BCUT2D eigenvalue weighted by Gasteiger charge is -2.36. The number of carbonyl (C=O) groups excluding carboxylic acids is 2. The van der Waals surface area contributed by atoms with E-state index in [9.17, 15) is 9.59 Å². The topological polar surface area (TPSA) is 49.9 Å². The summed E-state index contributed by atoms with van der Waals surface area (Å²) in [5, 5.41) is 0. The summed E-state index contributed by atoms with van der Waals surface area (Å²) in [5.74, 6) is 0.619. The number of rotatable bonds is 2. The molecule has 0 atom stereocenters. The number of nitrogens with zero attached hydrogens (tertiary/aromatic N) is 2. The molecule has 3 fully saturated rings. The van der Waals surface area contributed by atoms with Crippen LogP contribution in [0.15, 0.2) is 0 Å². The lowest BCUT2D eigenvalue weighted by atomic mass is 10.0. The van der Waals surface area contributed by atoms with E-state index >= 15 is 0 Å². The standard InChI is InChI=1S/C14H22N2O3/c17-13(11-3-1-2-4-11)15-7-5-12(6-8-15)16-9-10-19-14(16)18/h11-12H,1-10H2. The molecule has 19 heavy (non-hydrogen) atoms. The Kier molecular flexibility index (Phi) is 3.62. The highest BCUT2D eigenvalue weighted by atomic mass is 16.6. The lowest BCUT2D eigenvalue weighted by Crippen LogP contribution is -2.48. The summed E-state index contributed by atoms with van der Waals surface area (Å²) in [6.45, 7) is 2.81. The van der Waals surface area contributed by atoms with Crippen LogP contribution in [-0.2, 0) is 9.53 Å². The molecule has 1 saturated carbocycles. The molecule has 3 aliphatic rings. The predicted molar refractivity (Wildman–Crippen MR) is 69.6 cm³/mol. The third kappa shape index (κ3) is 2.55. The summed E-state index contributed by atoms with van der Waals surface area (Å²) in [6.07, 6.45) is 6.15. The van der Waals surface area contributed by atoms with Gasteiger partial charge in [0, 0.05) is 25.0 Å². The van der Waals surface area contributed by atoms with Crippen molar-refractivity contribution >= 4 is 12.0 Å². The zero-order chi connectivity index (χ0) is 13.2. The number of hydrogen-bond acceptors (Lipinski definition) is 3. The summed E-state index contributed by atoms with van der Waals surface area (Å²) in [6, 6.07) is 0.266. The van der Waals surface area contributed by atoms with Gasteiger partial charge in [-0.15, -0.1) is 0 Å². The first-order valence-electron chi connectivity index (χ1n) is 7.48. The van der Waals surface area contributed by atoms with Crippen LogP contribution in [0, 0.1) is 5.92 Å². The molecule has 0 radical (unpaired) electrons.